The van der Waals surface area contributed by atoms with Crippen LogP contribution in [0, 0.1) is 0 Å². The number of para-hydroxylation sites is 1. The number of carboxylic acids is 1. The number of thiocarbonyl (C=S) groups is 1. The Balaban J connectivity index is 1.23. The Hall–Kier alpha value is -4.09. The van der Waals surface area contributed by atoms with Crippen molar-refractivity contribution in [3.05, 3.63) is 101 Å². The number of morpholine rings is 1. The SMILES string of the molecule is O=C(O)c1ccc(CCN2C(=O)/C(=C/c3cc(-c4cnc5ccccc5c4)ccc3OCCN3CCOCC3)SC2=S)cc1. The number of aromatic nitrogens is 1. The van der Waals surface area contributed by atoms with Gasteiger partial charge in [0.2, 0.25) is 0 Å². The summed E-state index contributed by atoms with van der Waals surface area (Å²) in [5.41, 5.74) is 4.83. The van der Waals surface area contributed by atoms with Crippen molar-refractivity contribution in [2.45, 2.75) is 6.42 Å². The van der Waals surface area contributed by atoms with Gasteiger partial charge in [0.15, 0.2) is 0 Å². The number of pyridine rings is 1. The van der Waals surface area contributed by atoms with Gasteiger partial charge < -0.3 is 14.6 Å². The average molecular weight is 626 g/mol. The van der Waals surface area contributed by atoms with E-state index >= 15 is 0 Å². The van der Waals surface area contributed by atoms with Crippen LogP contribution in [0.15, 0.2) is 83.9 Å². The van der Waals surface area contributed by atoms with E-state index in [1.807, 2.05) is 54.7 Å². The summed E-state index contributed by atoms with van der Waals surface area (Å²) in [5, 5.41) is 10.2. The van der Waals surface area contributed by atoms with Crippen LogP contribution in [0.5, 0.6) is 5.75 Å². The second-order valence-electron chi connectivity index (χ2n) is 10.6. The zero-order valence-corrected chi connectivity index (χ0v) is 25.6. The Morgan fingerprint density at radius 2 is 1.82 bits per heavy atom. The topological polar surface area (TPSA) is 92.2 Å². The molecule has 0 spiro atoms. The van der Waals surface area contributed by atoms with Gasteiger partial charge in [-0.2, -0.15) is 0 Å². The highest BCUT2D eigenvalue weighted by molar-refractivity contribution is 8.26. The van der Waals surface area contributed by atoms with Crippen molar-refractivity contribution >= 4 is 57.2 Å². The lowest BCUT2D eigenvalue weighted by Gasteiger charge is -2.26. The highest BCUT2D eigenvalue weighted by Gasteiger charge is 2.32. The summed E-state index contributed by atoms with van der Waals surface area (Å²) in [6.07, 6.45) is 4.28. The maximum Gasteiger partial charge on any atom is 0.335 e. The predicted molar refractivity (Wildman–Crippen MR) is 177 cm³/mol. The molecule has 0 atom stereocenters. The molecule has 1 amide bonds. The van der Waals surface area contributed by atoms with E-state index < -0.39 is 5.97 Å². The second-order valence-corrected chi connectivity index (χ2v) is 12.2. The summed E-state index contributed by atoms with van der Waals surface area (Å²) in [4.78, 5) is 33.8. The van der Waals surface area contributed by atoms with Gasteiger partial charge >= 0.3 is 5.97 Å². The van der Waals surface area contributed by atoms with E-state index in [-0.39, 0.29) is 11.5 Å². The molecule has 0 unspecified atom stereocenters. The highest BCUT2D eigenvalue weighted by Crippen LogP contribution is 2.36. The van der Waals surface area contributed by atoms with Crippen LogP contribution in [-0.4, -0.2) is 82.1 Å². The molecule has 6 rings (SSSR count). The number of rotatable bonds is 10. The number of fused-ring (bicyclic) bond motifs is 1. The molecule has 1 N–H and O–H groups in total. The molecule has 10 heteroatoms. The maximum absolute atomic E-state index is 13.5. The Morgan fingerprint density at radius 1 is 1.02 bits per heavy atom. The number of ether oxygens (including phenoxy) is 2. The van der Waals surface area contributed by atoms with E-state index in [2.05, 4.69) is 16.0 Å². The summed E-state index contributed by atoms with van der Waals surface area (Å²) in [5.74, 6) is -0.428. The summed E-state index contributed by atoms with van der Waals surface area (Å²) in [7, 11) is 0. The molecular weight excluding hydrogens is 595 g/mol. The van der Waals surface area contributed by atoms with E-state index in [0.29, 0.717) is 34.5 Å². The average Bonchev–Trinajstić information content (AvgIpc) is 3.32. The maximum atomic E-state index is 13.5. The van der Waals surface area contributed by atoms with Gasteiger partial charge in [-0.15, -0.1) is 0 Å². The van der Waals surface area contributed by atoms with Gasteiger partial charge in [-0.05, 0) is 60.0 Å². The van der Waals surface area contributed by atoms with E-state index in [4.69, 9.17) is 26.8 Å². The third kappa shape index (κ3) is 7.00. The normalized spacial score (nSPS) is 16.6. The quantitative estimate of drug-likeness (QED) is 0.175. The van der Waals surface area contributed by atoms with Crippen molar-refractivity contribution in [1.82, 2.24) is 14.8 Å². The second kappa shape index (κ2) is 13.7. The lowest BCUT2D eigenvalue weighted by Crippen LogP contribution is -2.38. The van der Waals surface area contributed by atoms with E-state index in [1.54, 1.807) is 29.2 Å². The van der Waals surface area contributed by atoms with Gasteiger partial charge in [-0.1, -0.05) is 60.4 Å². The molecule has 224 valence electrons. The number of carbonyl (C=O) groups excluding carboxylic acids is 1. The molecule has 2 fully saturated rings. The molecule has 0 bridgehead atoms. The molecule has 4 aromatic rings. The van der Waals surface area contributed by atoms with Crippen molar-refractivity contribution in [2.75, 3.05) is 46.0 Å². The number of benzene rings is 3. The van der Waals surface area contributed by atoms with Crippen molar-refractivity contribution in [2.24, 2.45) is 0 Å². The fourth-order valence-corrected chi connectivity index (χ4v) is 6.50. The third-order valence-corrected chi connectivity index (χ3v) is 9.07. The number of hydrogen-bond acceptors (Lipinski definition) is 8. The van der Waals surface area contributed by atoms with Gasteiger partial charge in [0, 0.05) is 48.9 Å². The number of hydrogen-bond donors (Lipinski definition) is 1. The number of carbonyl (C=O) groups is 2. The first-order valence-corrected chi connectivity index (χ1v) is 15.7. The monoisotopic (exact) mass is 625 g/mol. The Morgan fingerprint density at radius 3 is 2.61 bits per heavy atom. The summed E-state index contributed by atoms with van der Waals surface area (Å²) in [6.45, 7) is 4.94. The smallest absolute Gasteiger partial charge is 0.335 e. The Bertz CT molecular complexity index is 1730. The lowest BCUT2D eigenvalue weighted by atomic mass is 10.0. The molecule has 0 saturated carbocycles. The minimum Gasteiger partial charge on any atom is -0.492 e. The number of aromatic carboxylic acids is 1. The summed E-state index contributed by atoms with van der Waals surface area (Å²) >= 11 is 6.88. The Kier molecular flexibility index (Phi) is 9.32. The lowest BCUT2D eigenvalue weighted by molar-refractivity contribution is -0.122. The summed E-state index contributed by atoms with van der Waals surface area (Å²) < 4.78 is 12.2. The van der Waals surface area contributed by atoms with Crippen LogP contribution >= 0.6 is 24.0 Å². The largest absolute Gasteiger partial charge is 0.492 e. The van der Waals surface area contributed by atoms with E-state index in [0.717, 1.165) is 66.0 Å². The van der Waals surface area contributed by atoms with Crippen LogP contribution in [0.4, 0.5) is 0 Å². The van der Waals surface area contributed by atoms with Crippen molar-refractivity contribution < 1.29 is 24.2 Å². The zero-order valence-electron chi connectivity index (χ0n) is 24.0. The van der Waals surface area contributed by atoms with Gasteiger partial charge in [0.05, 0.1) is 29.2 Å². The van der Waals surface area contributed by atoms with Crippen LogP contribution in [-0.2, 0) is 16.0 Å². The fourth-order valence-electron chi connectivity index (χ4n) is 5.20. The molecule has 1 aromatic heterocycles. The minimum atomic E-state index is -0.969. The van der Waals surface area contributed by atoms with E-state index in [9.17, 15) is 9.59 Å². The minimum absolute atomic E-state index is 0.154. The molecule has 44 heavy (non-hydrogen) atoms. The van der Waals surface area contributed by atoms with Gasteiger partial charge in [-0.3, -0.25) is 19.6 Å². The molecule has 8 nitrogen and oxygen atoms in total. The van der Waals surface area contributed by atoms with Crippen molar-refractivity contribution in [3.63, 3.8) is 0 Å². The standard InChI is InChI=1S/C34H31N3O5S2/c38-32-31(44-34(43)37(32)12-11-23-5-7-24(8-6-23)33(39)40)21-27-19-25(28-20-26-3-1-2-4-29(26)35-22-28)9-10-30(27)42-18-15-36-13-16-41-17-14-36/h1-10,19-22H,11-18H2,(H,39,40)/b31-21-. The van der Waals surface area contributed by atoms with Crippen LogP contribution in [0.1, 0.15) is 21.5 Å². The molecule has 2 aliphatic rings. The highest BCUT2D eigenvalue weighted by atomic mass is 32.2. The van der Waals surface area contributed by atoms with Crippen LogP contribution < -0.4 is 4.74 Å². The summed E-state index contributed by atoms with van der Waals surface area (Å²) in [6, 6.07) is 22.8. The van der Waals surface area contributed by atoms with Crippen LogP contribution in [0.2, 0.25) is 0 Å². The predicted octanol–water partition coefficient (Wildman–Crippen LogP) is 5.75. The molecule has 0 aliphatic carbocycles. The fraction of sp³-hybridized carbons (Fsp3) is 0.235. The van der Waals surface area contributed by atoms with Gasteiger partial charge in [0.1, 0.15) is 16.7 Å². The first kappa shape index (κ1) is 30.0. The zero-order chi connectivity index (χ0) is 30.5. The first-order valence-electron chi connectivity index (χ1n) is 14.4. The molecule has 2 saturated heterocycles. The van der Waals surface area contributed by atoms with Crippen LogP contribution in [0.25, 0.3) is 28.1 Å². The molecule has 3 aromatic carbocycles. The molecule has 3 heterocycles. The molecule has 2 aliphatic heterocycles. The van der Waals surface area contributed by atoms with Crippen molar-refractivity contribution in [1.29, 1.82) is 0 Å². The van der Waals surface area contributed by atoms with Gasteiger partial charge in [-0.25, -0.2) is 4.79 Å². The number of amides is 1. The molecule has 0 radical (unpaired) electrons. The Labute approximate surface area is 265 Å². The van der Waals surface area contributed by atoms with Crippen molar-refractivity contribution in [3.8, 4) is 16.9 Å². The number of thioether (sulfide) groups is 1. The number of nitrogens with zero attached hydrogens (tertiary/aromatic N) is 3. The third-order valence-electron chi connectivity index (χ3n) is 7.69. The number of carboxylic acid groups (broad SMARTS) is 1. The van der Waals surface area contributed by atoms with E-state index in [1.165, 1.54) is 11.8 Å². The molecular formula is C34H31N3O5S2. The first-order chi connectivity index (χ1) is 21.4. The van der Waals surface area contributed by atoms with Crippen LogP contribution in [0.3, 0.4) is 0 Å². The van der Waals surface area contributed by atoms with Gasteiger partial charge in [0.25, 0.3) is 5.91 Å².